The van der Waals surface area contributed by atoms with E-state index >= 15 is 0 Å². The molecule has 1 fully saturated rings. The van der Waals surface area contributed by atoms with Gasteiger partial charge in [-0.1, -0.05) is 0 Å². The fourth-order valence-corrected chi connectivity index (χ4v) is 3.18. The summed E-state index contributed by atoms with van der Waals surface area (Å²) in [5.41, 5.74) is -0.0430. The second-order valence-electron chi connectivity index (χ2n) is 5.11. The van der Waals surface area contributed by atoms with Crippen molar-refractivity contribution in [1.29, 1.82) is 0 Å². The average Bonchev–Trinajstić information content (AvgIpc) is 2.66. The van der Waals surface area contributed by atoms with Gasteiger partial charge in [0, 0.05) is 18.0 Å². The first kappa shape index (κ1) is 11.9. The van der Waals surface area contributed by atoms with Crippen LogP contribution in [0.4, 0.5) is 5.13 Å². The molecule has 2 rings (SSSR count). The van der Waals surface area contributed by atoms with Crippen molar-refractivity contribution in [3.8, 4) is 0 Å². The third-order valence-electron chi connectivity index (χ3n) is 3.17. The van der Waals surface area contributed by atoms with Crippen LogP contribution in [0.5, 0.6) is 0 Å². The Hall–Kier alpha value is -0.610. The summed E-state index contributed by atoms with van der Waals surface area (Å²) in [6, 6.07) is 0.578. The maximum absolute atomic E-state index is 9.89. The zero-order chi connectivity index (χ0) is 11.8. The molecule has 1 saturated heterocycles. The van der Waals surface area contributed by atoms with Gasteiger partial charge in [-0.3, -0.25) is 0 Å². The topological polar surface area (TPSA) is 36.4 Å². The number of anilines is 1. The van der Waals surface area contributed by atoms with Gasteiger partial charge in [0.2, 0.25) is 0 Å². The van der Waals surface area contributed by atoms with E-state index in [1.54, 1.807) is 25.2 Å². The Kier molecular flexibility index (Phi) is 3.22. The second-order valence-corrected chi connectivity index (χ2v) is 5.95. The summed E-state index contributed by atoms with van der Waals surface area (Å²) in [4.78, 5) is 6.91. The van der Waals surface area contributed by atoms with Crippen molar-refractivity contribution in [2.24, 2.45) is 0 Å². The molecule has 1 aromatic heterocycles. The summed E-state index contributed by atoms with van der Waals surface area (Å²) in [7, 11) is 0. The van der Waals surface area contributed by atoms with Gasteiger partial charge < -0.3 is 10.0 Å². The number of thiazole rings is 1. The number of hydrogen-bond donors (Lipinski definition) is 1. The van der Waals surface area contributed by atoms with Crippen LogP contribution in [0.1, 0.15) is 45.7 Å². The van der Waals surface area contributed by atoms with Crippen LogP contribution in [0.25, 0.3) is 0 Å². The normalized spacial score (nSPS) is 22.5. The van der Waals surface area contributed by atoms with Crippen LogP contribution in [-0.4, -0.2) is 22.7 Å². The Balaban J connectivity index is 2.18. The maximum atomic E-state index is 9.89. The number of aromatic nitrogens is 1. The minimum absolute atomic E-state index is 0.578. The zero-order valence-corrected chi connectivity index (χ0v) is 11.0. The van der Waals surface area contributed by atoms with Crippen molar-refractivity contribution < 1.29 is 5.11 Å². The SMILES string of the molecule is CC1CCCCN1c1nc(C(C)(C)O)cs1. The van der Waals surface area contributed by atoms with Gasteiger partial charge >= 0.3 is 0 Å². The lowest BCUT2D eigenvalue weighted by atomic mass is 10.0. The summed E-state index contributed by atoms with van der Waals surface area (Å²) in [5, 5.41) is 12.9. The Labute approximate surface area is 101 Å². The molecule has 90 valence electrons. The van der Waals surface area contributed by atoms with Crippen LogP contribution in [0.3, 0.4) is 0 Å². The molecule has 0 bridgehead atoms. The Bertz CT molecular complexity index is 356. The van der Waals surface area contributed by atoms with E-state index in [2.05, 4.69) is 16.8 Å². The molecule has 1 aliphatic heterocycles. The van der Waals surface area contributed by atoms with Gasteiger partial charge in [0.25, 0.3) is 0 Å². The van der Waals surface area contributed by atoms with Crippen LogP contribution < -0.4 is 4.90 Å². The molecule has 0 saturated carbocycles. The highest BCUT2D eigenvalue weighted by Gasteiger charge is 2.24. The standard InChI is InChI=1S/C12H20N2OS/c1-9-6-4-5-7-14(9)11-13-10(8-16-11)12(2,3)15/h8-9,15H,4-7H2,1-3H3. The number of piperidine rings is 1. The van der Waals surface area contributed by atoms with Crippen molar-refractivity contribution in [3.05, 3.63) is 11.1 Å². The summed E-state index contributed by atoms with van der Waals surface area (Å²) in [6.45, 7) is 6.92. The first-order chi connectivity index (χ1) is 7.48. The molecule has 0 aliphatic carbocycles. The largest absolute Gasteiger partial charge is 0.384 e. The average molecular weight is 240 g/mol. The molecule has 16 heavy (non-hydrogen) atoms. The molecule has 1 N–H and O–H groups in total. The minimum atomic E-state index is -0.826. The van der Waals surface area contributed by atoms with E-state index in [0.29, 0.717) is 6.04 Å². The molecule has 3 nitrogen and oxygen atoms in total. The van der Waals surface area contributed by atoms with Crippen LogP contribution in [-0.2, 0) is 5.60 Å². The van der Waals surface area contributed by atoms with Gasteiger partial charge in [0.1, 0.15) is 5.60 Å². The number of hydrogen-bond acceptors (Lipinski definition) is 4. The van der Waals surface area contributed by atoms with E-state index in [9.17, 15) is 5.11 Å². The van der Waals surface area contributed by atoms with Crippen LogP contribution in [0, 0.1) is 0 Å². The predicted octanol–water partition coefficient (Wildman–Crippen LogP) is 2.75. The lowest BCUT2D eigenvalue weighted by Gasteiger charge is -2.33. The summed E-state index contributed by atoms with van der Waals surface area (Å²) < 4.78 is 0. The molecule has 1 atom stereocenters. The van der Waals surface area contributed by atoms with E-state index in [1.165, 1.54) is 19.3 Å². The van der Waals surface area contributed by atoms with Crippen molar-refractivity contribution in [2.45, 2.75) is 51.7 Å². The van der Waals surface area contributed by atoms with E-state index in [4.69, 9.17) is 0 Å². The van der Waals surface area contributed by atoms with Crippen LogP contribution in [0.15, 0.2) is 5.38 Å². The molecular weight excluding hydrogens is 220 g/mol. The van der Waals surface area contributed by atoms with Gasteiger partial charge in [0.05, 0.1) is 5.69 Å². The highest BCUT2D eigenvalue weighted by atomic mass is 32.1. The minimum Gasteiger partial charge on any atom is -0.384 e. The highest BCUT2D eigenvalue weighted by Crippen LogP contribution is 2.30. The number of aliphatic hydroxyl groups is 1. The molecule has 1 unspecified atom stereocenters. The van der Waals surface area contributed by atoms with Crippen molar-refractivity contribution in [3.63, 3.8) is 0 Å². The Morgan fingerprint density at radius 2 is 2.25 bits per heavy atom. The fourth-order valence-electron chi connectivity index (χ4n) is 2.06. The molecule has 0 radical (unpaired) electrons. The second kappa shape index (κ2) is 4.34. The predicted molar refractivity (Wildman–Crippen MR) is 68.0 cm³/mol. The van der Waals surface area contributed by atoms with E-state index in [0.717, 1.165) is 17.4 Å². The lowest BCUT2D eigenvalue weighted by Crippen LogP contribution is -2.37. The van der Waals surface area contributed by atoms with E-state index < -0.39 is 5.60 Å². The molecule has 0 spiro atoms. The Morgan fingerprint density at radius 1 is 1.50 bits per heavy atom. The molecule has 1 aromatic rings. The van der Waals surface area contributed by atoms with Crippen molar-refractivity contribution in [2.75, 3.05) is 11.4 Å². The van der Waals surface area contributed by atoms with Gasteiger partial charge in [-0.2, -0.15) is 0 Å². The van der Waals surface area contributed by atoms with Gasteiger partial charge in [-0.05, 0) is 40.0 Å². The van der Waals surface area contributed by atoms with Gasteiger partial charge in [-0.25, -0.2) is 4.98 Å². The quantitative estimate of drug-likeness (QED) is 0.863. The third-order valence-corrected chi connectivity index (χ3v) is 4.05. The van der Waals surface area contributed by atoms with Gasteiger partial charge in [-0.15, -0.1) is 11.3 Å². The van der Waals surface area contributed by atoms with Gasteiger partial charge in [0.15, 0.2) is 5.13 Å². The smallest absolute Gasteiger partial charge is 0.185 e. The number of rotatable bonds is 2. The first-order valence-electron chi connectivity index (χ1n) is 5.93. The Morgan fingerprint density at radius 3 is 2.81 bits per heavy atom. The first-order valence-corrected chi connectivity index (χ1v) is 6.81. The molecule has 4 heteroatoms. The molecule has 2 heterocycles. The highest BCUT2D eigenvalue weighted by molar-refractivity contribution is 7.13. The van der Waals surface area contributed by atoms with E-state index in [-0.39, 0.29) is 0 Å². The summed E-state index contributed by atoms with van der Waals surface area (Å²) in [6.07, 6.45) is 3.82. The lowest BCUT2D eigenvalue weighted by molar-refractivity contribution is 0.0745. The fraction of sp³-hybridized carbons (Fsp3) is 0.750. The monoisotopic (exact) mass is 240 g/mol. The molecule has 0 amide bonds. The molecule has 0 aromatic carbocycles. The van der Waals surface area contributed by atoms with Crippen LogP contribution in [0.2, 0.25) is 0 Å². The summed E-state index contributed by atoms with van der Waals surface area (Å²) >= 11 is 1.64. The molecular formula is C12H20N2OS. The van der Waals surface area contributed by atoms with Crippen LogP contribution >= 0.6 is 11.3 Å². The molecule has 1 aliphatic rings. The van der Waals surface area contributed by atoms with E-state index in [1.807, 2.05) is 5.38 Å². The number of nitrogens with zero attached hydrogens (tertiary/aromatic N) is 2. The zero-order valence-electron chi connectivity index (χ0n) is 10.2. The maximum Gasteiger partial charge on any atom is 0.185 e. The summed E-state index contributed by atoms with van der Waals surface area (Å²) in [5.74, 6) is 0. The van der Waals surface area contributed by atoms with Crippen molar-refractivity contribution in [1.82, 2.24) is 4.98 Å². The third kappa shape index (κ3) is 2.38. The van der Waals surface area contributed by atoms with Crippen molar-refractivity contribution >= 4 is 16.5 Å².